The predicted octanol–water partition coefficient (Wildman–Crippen LogP) is 2.52. The van der Waals surface area contributed by atoms with Gasteiger partial charge in [0.1, 0.15) is 0 Å². The summed E-state index contributed by atoms with van der Waals surface area (Å²) >= 11 is 0. The number of rotatable bonds is 5. The number of nitrogens with one attached hydrogen (secondary N) is 1. The molecule has 0 fully saturated rings. The van der Waals surface area contributed by atoms with Crippen LogP contribution in [0.4, 0.5) is 13.2 Å². The van der Waals surface area contributed by atoms with E-state index in [-0.39, 0.29) is 30.4 Å². The van der Waals surface area contributed by atoms with Gasteiger partial charge >= 0.3 is 6.18 Å². The molecule has 3 N–H and O–H groups in total. The number of benzene rings is 1. The Labute approximate surface area is 122 Å². The third-order valence-electron chi connectivity index (χ3n) is 2.60. The van der Waals surface area contributed by atoms with Gasteiger partial charge in [0.25, 0.3) is 0 Å². The van der Waals surface area contributed by atoms with Gasteiger partial charge in [-0.15, -0.1) is 12.4 Å². The SMILES string of the molecule is CC(N)CCNC(=O)Cc1ccccc1C(F)(F)F.Cl. The minimum Gasteiger partial charge on any atom is -0.356 e. The Balaban J connectivity index is 0.00000361. The van der Waals surface area contributed by atoms with Crippen molar-refractivity contribution in [2.45, 2.75) is 32.0 Å². The van der Waals surface area contributed by atoms with Crippen molar-refractivity contribution in [1.29, 1.82) is 0 Å². The van der Waals surface area contributed by atoms with E-state index in [1.165, 1.54) is 18.2 Å². The molecule has 7 heteroatoms. The van der Waals surface area contributed by atoms with Crippen LogP contribution in [0, 0.1) is 0 Å². The number of carbonyl (C=O) groups excluding carboxylic acids is 1. The van der Waals surface area contributed by atoms with Crippen LogP contribution in [0.15, 0.2) is 24.3 Å². The Kier molecular flexibility index (Phi) is 7.60. The Morgan fingerprint density at radius 1 is 1.35 bits per heavy atom. The van der Waals surface area contributed by atoms with Gasteiger partial charge in [-0.05, 0) is 25.0 Å². The molecule has 1 atom stereocenters. The van der Waals surface area contributed by atoms with Crippen LogP contribution in [0.25, 0.3) is 0 Å². The summed E-state index contributed by atoms with van der Waals surface area (Å²) < 4.78 is 38.1. The van der Waals surface area contributed by atoms with E-state index in [1.807, 2.05) is 0 Å². The summed E-state index contributed by atoms with van der Waals surface area (Å²) in [6.07, 6.45) is -4.13. The molecule has 3 nitrogen and oxygen atoms in total. The molecule has 1 aromatic carbocycles. The fraction of sp³-hybridized carbons (Fsp3) is 0.462. The molecular weight excluding hydrogens is 293 g/mol. The lowest BCUT2D eigenvalue weighted by Gasteiger charge is -2.12. The number of amides is 1. The van der Waals surface area contributed by atoms with Crippen molar-refractivity contribution >= 4 is 18.3 Å². The second kappa shape index (κ2) is 8.11. The lowest BCUT2D eigenvalue weighted by Crippen LogP contribution is -2.30. The highest BCUT2D eigenvalue weighted by molar-refractivity contribution is 5.85. The largest absolute Gasteiger partial charge is 0.416 e. The van der Waals surface area contributed by atoms with Gasteiger partial charge in [-0.2, -0.15) is 13.2 Å². The van der Waals surface area contributed by atoms with Crippen molar-refractivity contribution in [3.05, 3.63) is 35.4 Å². The zero-order valence-corrected chi connectivity index (χ0v) is 11.9. The maximum absolute atomic E-state index is 12.7. The average Bonchev–Trinajstić information content (AvgIpc) is 2.27. The lowest BCUT2D eigenvalue weighted by atomic mass is 10.0. The normalized spacial score (nSPS) is 12.4. The Morgan fingerprint density at radius 3 is 2.50 bits per heavy atom. The van der Waals surface area contributed by atoms with E-state index in [4.69, 9.17) is 5.73 Å². The van der Waals surface area contributed by atoms with Crippen LogP contribution in [-0.4, -0.2) is 18.5 Å². The highest BCUT2D eigenvalue weighted by Gasteiger charge is 2.33. The molecule has 1 aromatic rings. The van der Waals surface area contributed by atoms with Crippen molar-refractivity contribution in [2.75, 3.05) is 6.54 Å². The smallest absolute Gasteiger partial charge is 0.356 e. The summed E-state index contributed by atoms with van der Waals surface area (Å²) in [6.45, 7) is 2.16. The molecular formula is C13H18ClF3N2O. The quantitative estimate of drug-likeness (QED) is 0.878. The number of alkyl halides is 3. The molecule has 0 aliphatic rings. The fourth-order valence-electron chi connectivity index (χ4n) is 1.63. The van der Waals surface area contributed by atoms with Crippen LogP contribution in [0.2, 0.25) is 0 Å². The molecule has 1 rings (SSSR count). The molecule has 0 spiro atoms. The first-order chi connectivity index (χ1) is 8.80. The van der Waals surface area contributed by atoms with Gasteiger partial charge in [-0.1, -0.05) is 18.2 Å². The first-order valence-electron chi connectivity index (χ1n) is 5.98. The molecule has 0 saturated carbocycles. The average molecular weight is 311 g/mol. The molecule has 1 amide bonds. The Hall–Kier alpha value is -1.27. The van der Waals surface area contributed by atoms with E-state index >= 15 is 0 Å². The van der Waals surface area contributed by atoms with Crippen LogP contribution in [0.3, 0.4) is 0 Å². The van der Waals surface area contributed by atoms with Gasteiger partial charge in [-0.3, -0.25) is 4.79 Å². The van der Waals surface area contributed by atoms with Crippen LogP contribution < -0.4 is 11.1 Å². The topological polar surface area (TPSA) is 55.1 Å². The number of hydrogen-bond acceptors (Lipinski definition) is 2. The van der Waals surface area contributed by atoms with E-state index < -0.39 is 17.6 Å². The van der Waals surface area contributed by atoms with Crippen molar-refractivity contribution in [3.8, 4) is 0 Å². The molecule has 114 valence electrons. The molecule has 0 heterocycles. The number of hydrogen-bond donors (Lipinski definition) is 2. The molecule has 0 aliphatic heterocycles. The highest BCUT2D eigenvalue weighted by atomic mass is 35.5. The van der Waals surface area contributed by atoms with Crippen molar-refractivity contribution in [2.24, 2.45) is 5.73 Å². The molecule has 20 heavy (non-hydrogen) atoms. The molecule has 0 bridgehead atoms. The first kappa shape index (κ1) is 18.7. The maximum Gasteiger partial charge on any atom is 0.416 e. The van der Waals surface area contributed by atoms with Crippen molar-refractivity contribution in [1.82, 2.24) is 5.32 Å². The number of nitrogens with two attached hydrogens (primary N) is 1. The zero-order chi connectivity index (χ0) is 14.5. The van der Waals surface area contributed by atoms with Crippen LogP contribution in [0.1, 0.15) is 24.5 Å². The summed E-state index contributed by atoms with van der Waals surface area (Å²) in [5, 5.41) is 2.55. The minimum atomic E-state index is -4.44. The summed E-state index contributed by atoms with van der Waals surface area (Å²) in [5.74, 6) is -0.433. The standard InChI is InChI=1S/C13H17F3N2O.ClH/c1-9(17)6-7-18-12(19)8-10-4-2-3-5-11(10)13(14,15)16;/h2-5,9H,6-8,17H2,1H3,(H,18,19);1H. The summed E-state index contributed by atoms with van der Waals surface area (Å²) in [7, 11) is 0. The summed E-state index contributed by atoms with van der Waals surface area (Å²) in [6, 6.07) is 5.03. The lowest BCUT2D eigenvalue weighted by molar-refractivity contribution is -0.138. The van der Waals surface area contributed by atoms with E-state index in [0.717, 1.165) is 6.07 Å². The fourth-order valence-corrected chi connectivity index (χ4v) is 1.63. The van der Waals surface area contributed by atoms with Gasteiger partial charge in [0.15, 0.2) is 0 Å². The highest BCUT2D eigenvalue weighted by Crippen LogP contribution is 2.31. The second-order valence-electron chi connectivity index (χ2n) is 4.45. The van der Waals surface area contributed by atoms with Crippen LogP contribution in [0.5, 0.6) is 0 Å². The maximum atomic E-state index is 12.7. The zero-order valence-electron chi connectivity index (χ0n) is 11.0. The number of halogens is 4. The Bertz CT molecular complexity index is 436. The van der Waals surface area contributed by atoms with E-state index in [9.17, 15) is 18.0 Å². The third-order valence-corrected chi connectivity index (χ3v) is 2.60. The Morgan fingerprint density at radius 2 is 1.95 bits per heavy atom. The van der Waals surface area contributed by atoms with Crippen molar-refractivity contribution < 1.29 is 18.0 Å². The monoisotopic (exact) mass is 310 g/mol. The molecule has 0 aliphatic carbocycles. The molecule has 0 aromatic heterocycles. The summed E-state index contributed by atoms with van der Waals surface area (Å²) in [5.41, 5.74) is 4.73. The molecule has 1 unspecified atom stereocenters. The van der Waals surface area contributed by atoms with Crippen molar-refractivity contribution in [3.63, 3.8) is 0 Å². The molecule has 0 radical (unpaired) electrons. The molecule has 0 saturated heterocycles. The summed E-state index contributed by atoms with van der Waals surface area (Å²) in [4.78, 5) is 11.6. The van der Waals surface area contributed by atoms with Crippen LogP contribution in [-0.2, 0) is 17.4 Å². The van der Waals surface area contributed by atoms with Crippen LogP contribution >= 0.6 is 12.4 Å². The third kappa shape index (κ3) is 6.25. The first-order valence-corrected chi connectivity index (χ1v) is 5.98. The van der Waals surface area contributed by atoms with E-state index in [2.05, 4.69) is 5.32 Å². The minimum absolute atomic E-state index is 0. The van der Waals surface area contributed by atoms with Gasteiger partial charge in [0.2, 0.25) is 5.91 Å². The van der Waals surface area contributed by atoms with Gasteiger partial charge < -0.3 is 11.1 Å². The predicted molar refractivity (Wildman–Crippen MR) is 73.7 cm³/mol. The van der Waals surface area contributed by atoms with E-state index in [1.54, 1.807) is 6.92 Å². The van der Waals surface area contributed by atoms with Gasteiger partial charge in [0, 0.05) is 12.6 Å². The van der Waals surface area contributed by atoms with Gasteiger partial charge in [-0.25, -0.2) is 0 Å². The van der Waals surface area contributed by atoms with Gasteiger partial charge in [0.05, 0.1) is 12.0 Å². The second-order valence-corrected chi connectivity index (χ2v) is 4.45. The number of carbonyl (C=O) groups is 1. The van der Waals surface area contributed by atoms with E-state index in [0.29, 0.717) is 13.0 Å².